The van der Waals surface area contributed by atoms with Gasteiger partial charge in [0.15, 0.2) is 0 Å². The molecule has 0 fully saturated rings. The van der Waals surface area contributed by atoms with Crippen molar-refractivity contribution in [2.24, 2.45) is 24.1 Å². The third kappa shape index (κ3) is 9.67. The van der Waals surface area contributed by atoms with Crippen LogP contribution in [0.1, 0.15) is 80.2 Å². The van der Waals surface area contributed by atoms with Gasteiger partial charge in [-0.25, -0.2) is 4.79 Å². The predicted octanol–water partition coefficient (Wildman–Crippen LogP) is 3.70. The van der Waals surface area contributed by atoms with Crippen LogP contribution in [0.25, 0.3) is 10.9 Å². The topological polar surface area (TPSA) is 159 Å². The number of unbranched alkanes of at least 4 members (excludes halogenated alkanes) is 1. The minimum Gasteiger partial charge on any atom is -0.480 e. The van der Waals surface area contributed by atoms with E-state index < -0.39 is 46.9 Å². The number of nitrogens with zero attached hydrogens (tertiary/aromatic N) is 2. The molecule has 0 unspecified atom stereocenters. The number of carboxylic acid groups (broad SMARTS) is 1. The Morgan fingerprint density at radius 2 is 1.64 bits per heavy atom. The first-order valence-electron chi connectivity index (χ1n) is 16.5. The van der Waals surface area contributed by atoms with Gasteiger partial charge in [0.2, 0.25) is 17.7 Å². The number of nitrogens with one attached hydrogen (secondary N) is 3. The average molecular weight is 655 g/mol. The highest BCUT2D eigenvalue weighted by Gasteiger charge is 2.42. The maximum absolute atomic E-state index is 14.2. The van der Waals surface area contributed by atoms with Crippen LogP contribution in [0.3, 0.4) is 0 Å². The highest BCUT2D eigenvalue weighted by atomic mass is 16.4. The third-order valence-electron chi connectivity index (χ3n) is 9.07. The summed E-state index contributed by atoms with van der Waals surface area (Å²) in [6.07, 6.45) is 5.26. The zero-order valence-electron chi connectivity index (χ0n) is 30.2. The SMILES string of the molecule is CN[C@H](C(=O)N[C@H](C(=O)N(C)[C@H](/C=C(\C)C(=O)N[C@@H](CCCCN)C(=O)O)C(C)C)C(C)(C)C)C(C)(C)c1cn(C)c2ccccc12. The molecule has 2 aromatic rings. The Morgan fingerprint density at radius 1 is 1.02 bits per heavy atom. The molecule has 0 aliphatic heterocycles. The summed E-state index contributed by atoms with van der Waals surface area (Å²) in [5.41, 5.74) is 6.64. The number of hydrogen-bond acceptors (Lipinski definition) is 6. The molecule has 0 aliphatic rings. The number of carbonyl (C=O) groups is 4. The standard InChI is InChI=1S/C36H58N6O5/c1-22(2)28(20-23(3)31(43)39-26(34(46)47)17-14-15-19-37)42(11)33(45)30(35(4,5)6)40-32(44)29(38-9)36(7,8)25-21-41(10)27-18-13-12-16-24(25)27/h12-13,16,18,20-22,26,28-30,38H,14-15,17,19,37H2,1-11H3,(H,39,43)(H,40,44)(H,46,47)/b23-20+/t26-,28+,29+,30+/m0/s1. The summed E-state index contributed by atoms with van der Waals surface area (Å²) < 4.78 is 2.05. The van der Waals surface area contributed by atoms with Crippen LogP contribution < -0.4 is 21.7 Å². The number of amides is 3. The zero-order valence-corrected chi connectivity index (χ0v) is 30.2. The number of aliphatic carboxylic acids is 1. The minimum absolute atomic E-state index is 0.0850. The molecule has 1 aromatic carbocycles. The summed E-state index contributed by atoms with van der Waals surface area (Å²) in [6, 6.07) is 5.01. The summed E-state index contributed by atoms with van der Waals surface area (Å²) >= 11 is 0. The molecular formula is C36H58N6O5. The highest BCUT2D eigenvalue weighted by molar-refractivity contribution is 5.96. The first-order chi connectivity index (χ1) is 21.8. The smallest absolute Gasteiger partial charge is 0.326 e. The summed E-state index contributed by atoms with van der Waals surface area (Å²) in [6.45, 7) is 15.7. The number of aryl methyl sites for hydroxylation is 1. The van der Waals surface area contributed by atoms with Crippen molar-refractivity contribution in [1.29, 1.82) is 0 Å². The second-order valence-corrected chi connectivity index (χ2v) is 14.6. The Hall–Kier alpha value is -3.70. The molecule has 11 heteroatoms. The summed E-state index contributed by atoms with van der Waals surface area (Å²) in [5, 5.41) is 19.6. The van der Waals surface area contributed by atoms with E-state index in [-0.39, 0.29) is 24.2 Å². The zero-order chi connectivity index (χ0) is 35.9. The van der Waals surface area contributed by atoms with Crippen molar-refractivity contribution in [3.63, 3.8) is 0 Å². The second kappa shape index (κ2) is 16.4. The van der Waals surface area contributed by atoms with Gasteiger partial charge in [-0.2, -0.15) is 0 Å². The quantitative estimate of drug-likeness (QED) is 0.136. The van der Waals surface area contributed by atoms with E-state index in [1.165, 1.54) is 0 Å². The average Bonchev–Trinajstić information content (AvgIpc) is 3.33. The number of hydrogen-bond donors (Lipinski definition) is 5. The number of likely N-dealkylation sites (N-methyl/N-ethyl adjacent to an activating group) is 2. The van der Waals surface area contributed by atoms with E-state index in [4.69, 9.17) is 5.73 Å². The van der Waals surface area contributed by atoms with Crippen LogP contribution in [0, 0.1) is 11.3 Å². The predicted molar refractivity (Wildman–Crippen MR) is 188 cm³/mol. The molecule has 47 heavy (non-hydrogen) atoms. The van der Waals surface area contributed by atoms with Crippen LogP contribution >= 0.6 is 0 Å². The van der Waals surface area contributed by atoms with Gasteiger partial charge in [0.25, 0.3) is 0 Å². The number of para-hydroxylation sites is 1. The molecule has 11 nitrogen and oxygen atoms in total. The molecule has 0 saturated carbocycles. The molecule has 0 radical (unpaired) electrons. The van der Waals surface area contributed by atoms with Crippen LogP contribution in [-0.2, 0) is 31.6 Å². The fourth-order valence-electron chi connectivity index (χ4n) is 6.16. The van der Waals surface area contributed by atoms with Crippen molar-refractivity contribution in [3.8, 4) is 0 Å². The molecule has 4 atom stereocenters. The Balaban J connectivity index is 2.35. The van der Waals surface area contributed by atoms with Crippen molar-refractivity contribution >= 4 is 34.6 Å². The lowest BCUT2D eigenvalue weighted by Gasteiger charge is -2.39. The largest absolute Gasteiger partial charge is 0.480 e. The number of rotatable bonds is 16. The van der Waals surface area contributed by atoms with Gasteiger partial charge in [-0.1, -0.05) is 72.7 Å². The molecule has 3 amide bonds. The number of carboxylic acids is 1. The lowest BCUT2D eigenvalue weighted by Crippen LogP contribution is -2.61. The number of aromatic nitrogens is 1. The van der Waals surface area contributed by atoms with Gasteiger partial charge in [0.1, 0.15) is 12.1 Å². The normalized spacial score (nSPS) is 15.2. The fourth-order valence-corrected chi connectivity index (χ4v) is 6.16. The number of nitrogens with two attached hydrogens (primary N) is 1. The lowest BCUT2D eigenvalue weighted by atomic mass is 9.76. The van der Waals surface area contributed by atoms with Gasteiger partial charge in [0.05, 0.1) is 12.1 Å². The van der Waals surface area contributed by atoms with Crippen LogP contribution in [0.2, 0.25) is 0 Å². The molecule has 0 aliphatic carbocycles. The fraction of sp³-hybridized carbons (Fsp3) is 0.611. The number of fused-ring (bicyclic) bond motifs is 1. The van der Waals surface area contributed by atoms with Crippen LogP contribution in [0.4, 0.5) is 0 Å². The van der Waals surface area contributed by atoms with Crippen molar-refractivity contribution in [1.82, 2.24) is 25.4 Å². The molecule has 0 spiro atoms. The van der Waals surface area contributed by atoms with Gasteiger partial charge in [-0.3, -0.25) is 14.4 Å². The molecule has 0 saturated heterocycles. The third-order valence-corrected chi connectivity index (χ3v) is 9.07. The summed E-state index contributed by atoms with van der Waals surface area (Å²) in [4.78, 5) is 54.7. The van der Waals surface area contributed by atoms with Crippen LogP contribution in [0.15, 0.2) is 42.1 Å². The molecule has 1 aromatic heterocycles. The van der Waals surface area contributed by atoms with Gasteiger partial charge in [-0.15, -0.1) is 0 Å². The number of carbonyl (C=O) groups excluding carboxylic acids is 3. The molecule has 262 valence electrons. The van der Waals surface area contributed by atoms with Gasteiger partial charge >= 0.3 is 5.97 Å². The molecule has 6 N–H and O–H groups in total. The summed E-state index contributed by atoms with van der Waals surface area (Å²) in [5.74, 6) is -2.29. The molecular weight excluding hydrogens is 596 g/mol. The van der Waals surface area contributed by atoms with E-state index in [0.29, 0.717) is 25.0 Å². The molecule has 1 heterocycles. The van der Waals surface area contributed by atoms with Gasteiger partial charge in [-0.05, 0) is 62.7 Å². The maximum Gasteiger partial charge on any atom is 0.326 e. The lowest BCUT2D eigenvalue weighted by molar-refractivity contribution is -0.141. The van der Waals surface area contributed by atoms with E-state index in [1.807, 2.05) is 73.7 Å². The van der Waals surface area contributed by atoms with Crippen molar-refractivity contribution in [3.05, 3.63) is 47.7 Å². The van der Waals surface area contributed by atoms with E-state index in [1.54, 1.807) is 32.0 Å². The second-order valence-electron chi connectivity index (χ2n) is 14.6. The van der Waals surface area contributed by atoms with E-state index in [2.05, 4.69) is 32.8 Å². The van der Waals surface area contributed by atoms with Crippen LogP contribution in [-0.4, -0.2) is 83.1 Å². The van der Waals surface area contributed by atoms with Crippen molar-refractivity contribution < 1.29 is 24.3 Å². The molecule has 0 bridgehead atoms. The van der Waals surface area contributed by atoms with E-state index >= 15 is 0 Å². The number of benzene rings is 1. The Bertz CT molecular complexity index is 1440. The Kier molecular flexibility index (Phi) is 13.8. The summed E-state index contributed by atoms with van der Waals surface area (Å²) in [7, 11) is 5.40. The van der Waals surface area contributed by atoms with Crippen LogP contribution in [0.5, 0.6) is 0 Å². The Labute approximate surface area is 280 Å². The van der Waals surface area contributed by atoms with Gasteiger partial charge < -0.3 is 36.3 Å². The van der Waals surface area contributed by atoms with E-state index in [0.717, 1.165) is 16.5 Å². The first kappa shape index (κ1) is 39.5. The van der Waals surface area contributed by atoms with E-state index in [9.17, 15) is 24.3 Å². The van der Waals surface area contributed by atoms with Crippen molar-refractivity contribution in [2.75, 3.05) is 20.6 Å². The van der Waals surface area contributed by atoms with Crippen molar-refractivity contribution in [2.45, 2.75) is 104 Å². The monoisotopic (exact) mass is 654 g/mol. The highest BCUT2D eigenvalue weighted by Crippen LogP contribution is 2.35. The Morgan fingerprint density at radius 3 is 2.17 bits per heavy atom. The first-order valence-corrected chi connectivity index (χ1v) is 16.5. The van der Waals surface area contributed by atoms with Gasteiger partial charge in [0, 0.05) is 42.2 Å². The minimum atomic E-state index is -1.11. The molecule has 2 rings (SSSR count). The maximum atomic E-state index is 14.2.